The monoisotopic (exact) mass is 509 g/mol. The average Bonchev–Trinajstić information content (AvgIpc) is 2.86. The molecule has 4 rings (SSSR count). The first kappa shape index (κ1) is 24.4. The number of fused-ring (bicyclic) bond motifs is 1. The van der Waals surface area contributed by atoms with Crippen molar-refractivity contribution in [1.29, 1.82) is 0 Å². The van der Waals surface area contributed by atoms with Gasteiger partial charge < -0.3 is 9.47 Å². The number of rotatable bonds is 7. The van der Waals surface area contributed by atoms with Gasteiger partial charge in [-0.3, -0.25) is 4.79 Å². The minimum Gasteiger partial charge on any atom is -0.476 e. The summed E-state index contributed by atoms with van der Waals surface area (Å²) in [4.78, 5) is 29.8. The van der Waals surface area contributed by atoms with Crippen molar-refractivity contribution in [3.05, 3.63) is 92.7 Å². The fourth-order valence-electron chi connectivity index (χ4n) is 3.38. The van der Waals surface area contributed by atoms with Crippen LogP contribution in [-0.4, -0.2) is 34.6 Å². The van der Waals surface area contributed by atoms with Crippen molar-refractivity contribution in [2.45, 2.75) is 20.0 Å². The van der Waals surface area contributed by atoms with Crippen molar-refractivity contribution in [1.82, 2.24) is 9.66 Å². The first-order chi connectivity index (χ1) is 16.9. The number of hydrogen-bond donors (Lipinski definition) is 0. The van der Waals surface area contributed by atoms with Crippen molar-refractivity contribution in [3.8, 4) is 17.1 Å². The molecule has 35 heavy (non-hydrogen) atoms. The fraction of sp³-hybridized carbons (Fsp3) is 0.154. The Balaban J connectivity index is 1.73. The zero-order chi connectivity index (χ0) is 24.9. The van der Waals surface area contributed by atoms with Crippen molar-refractivity contribution >= 4 is 46.3 Å². The summed E-state index contributed by atoms with van der Waals surface area (Å²) in [5.74, 6) is 0.0217. The Morgan fingerprint density at radius 2 is 1.74 bits per heavy atom. The molecule has 0 N–H and O–H groups in total. The SMILES string of the molecule is CCOC(=O)[C@@H](C)Oc1c(Cl)cc(C=Nn2c(-c3ccccc3)nc3ccccc3c2=O)cc1Cl. The number of esters is 1. The number of para-hydroxylation sites is 1. The van der Waals surface area contributed by atoms with Crippen molar-refractivity contribution < 1.29 is 14.3 Å². The van der Waals surface area contributed by atoms with Gasteiger partial charge in [0.15, 0.2) is 17.7 Å². The van der Waals surface area contributed by atoms with Gasteiger partial charge in [-0.25, -0.2) is 9.78 Å². The fourth-order valence-corrected chi connectivity index (χ4v) is 3.97. The minimum atomic E-state index is -0.889. The Kier molecular flexibility index (Phi) is 7.48. The molecule has 0 fully saturated rings. The maximum absolute atomic E-state index is 13.3. The van der Waals surface area contributed by atoms with Crippen molar-refractivity contribution in [3.63, 3.8) is 0 Å². The van der Waals surface area contributed by atoms with Crippen LogP contribution in [-0.2, 0) is 9.53 Å². The van der Waals surface area contributed by atoms with Gasteiger partial charge in [-0.05, 0) is 43.7 Å². The van der Waals surface area contributed by atoms with Crippen LogP contribution in [0.25, 0.3) is 22.3 Å². The molecule has 0 aliphatic carbocycles. The van der Waals surface area contributed by atoms with Gasteiger partial charge in [-0.2, -0.15) is 9.78 Å². The van der Waals surface area contributed by atoms with Crippen LogP contribution in [0.1, 0.15) is 19.4 Å². The maximum Gasteiger partial charge on any atom is 0.347 e. The zero-order valence-corrected chi connectivity index (χ0v) is 20.5. The molecule has 0 aliphatic heterocycles. The number of carbonyl (C=O) groups excluding carboxylic acids is 1. The van der Waals surface area contributed by atoms with E-state index in [-0.39, 0.29) is 28.0 Å². The molecule has 0 radical (unpaired) electrons. The van der Waals surface area contributed by atoms with Gasteiger partial charge in [0, 0.05) is 5.56 Å². The lowest BCUT2D eigenvalue weighted by atomic mass is 10.2. The number of benzene rings is 3. The van der Waals surface area contributed by atoms with Crippen LogP contribution >= 0.6 is 23.2 Å². The summed E-state index contributed by atoms with van der Waals surface area (Å²) in [5, 5.41) is 5.22. The Morgan fingerprint density at radius 3 is 2.43 bits per heavy atom. The molecule has 4 aromatic rings. The van der Waals surface area contributed by atoms with E-state index in [0.717, 1.165) is 5.56 Å². The summed E-state index contributed by atoms with van der Waals surface area (Å²) in [7, 11) is 0. The van der Waals surface area contributed by atoms with Gasteiger partial charge in [0.1, 0.15) is 0 Å². The Bertz CT molecular complexity index is 1450. The Labute approximate surface area is 211 Å². The predicted molar refractivity (Wildman–Crippen MR) is 138 cm³/mol. The molecular formula is C26H21Cl2N3O4. The highest BCUT2D eigenvalue weighted by Gasteiger charge is 2.20. The van der Waals surface area contributed by atoms with Gasteiger partial charge in [0.2, 0.25) is 0 Å². The van der Waals surface area contributed by atoms with Crippen LogP contribution in [0, 0.1) is 0 Å². The van der Waals surface area contributed by atoms with Gasteiger partial charge >= 0.3 is 5.97 Å². The van der Waals surface area contributed by atoms with E-state index >= 15 is 0 Å². The Morgan fingerprint density at radius 1 is 1.09 bits per heavy atom. The number of nitrogens with zero attached hydrogens (tertiary/aromatic N) is 3. The molecule has 9 heteroatoms. The molecule has 0 spiro atoms. The van der Waals surface area contributed by atoms with Crippen molar-refractivity contribution in [2.75, 3.05) is 6.61 Å². The van der Waals surface area contributed by atoms with E-state index in [1.165, 1.54) is 10.9 Å². The Hall–Kier alpha value is -3.68. The lowest BCUT2D eigenvalue weighted by Crippen LogP contribution is -2.26. The highest BCUT2D eigenvalue weighted by atomic mass is 35.5. The van der Waals surface area contributed by atoms with Crippen LogP contribution < -0.4 is 10.3 Å². The number of hydrogen-bond acceptors (Lipinski definition) is 6. The molecule has 0 unspecified atom stereocenters. The summed E-state index contributed by atoms with van der Waals surface area (Å²) in [6.45, 7) is 3.49. The van der Waals surface area contributed by atoms with Crippen LogP contribution in [0.3, 0.4) is 0 Å². The number of carbonyl (C=O) groups is 1. The standard InChI is InChI=1S/C26H21Cl2N3O4/c1-3-34-26(33)16(2)35-23-20(27)13-17(14-21(23)28)15-29-31-24(18-9-5-4-6-10-18)30-22-12-8-7-11-19(22)25(31)32/h4-16H,3H2,1-2H3/t16-/m1/s1. The topological polar surface area (TPSA) is 82.8 Å². The third-order valence-corrected chi connectivity index (χ3v) is 5.60. The molecule has 1 atom stereocenters. The second-order valence-corrected chi connectivity index (χ2v) is 8.32. The molecule has 0 aliphatic rings. The molecule has 1 aromatic heterocycles. The third kappa shape index (κ3) is 5.37. The lowest BCUT2D eigenvalue weighted by Gasteiger charge is -2.16. The van der Waals surface area contributed by atoms with Gasteiger partial charge in [0.25, 0.3) is 5.56 Å². The summed E-state index contributed by atoms with van der Waals surface area (Å²) in [5.41, 5.74) is 1.52. The van der Waals surface area contributed by atoms with E-state index < -0.39 is 12.1 Å². The quantitative estimate of drug-likeness (QED) is 0.239. The largest absolute Gasteiger partial charge is 0.476 e. The smallest absolute Gasteiger partial charge is 0.347 e. The van der Waals surface area contributed by atoms with Crippen LogP contribution in [0.15, 0.2) is 76.6 Å². The number of ether oxygens (including phenoxy) is 2. The van der Waals surface area contributed by atoms with Gasteiger partial charge in [0.05, 0.1) is 33.8 Å². The van der Waals surface area contributed by atoms with E-state index in [0.29, 0.717) is 22.3 Å². The molecule has 0 saturated carbocycles. The van der Waals surface area contributed by atoms with E-state index in [2.05, 4.69) is 10.1 Å². The van der Waals surface area contributed by atoms with E-state index in [1.807, 2.05) is 36.4 Å². The zero-order valence-electron chi connectivity index (χ0n) is 18.9. The molecule has 0 bridgehead atoms. The van der Waals surface area contributed by atoms with E-state index in [9.17, 15) is 9.59 Å². The first-order valence-corrected chi connectivity index (χ1v) is 11.6. The number of halogens is 2. The van der Waals surface area contributed by atoms with Gasteiger partial charge in [-0.1, -0.05) is 65.7 Å². The second-order valence-electron chi connectivity index (χ2n) is 7.51. The lowest BCUT2D eigenvalue weighted by molar-refractivity contribution is -0.150. The molecule has 7 nitrogen and oxygen atoms in total. The highest BCUT2D eigenvalue weighted by molar-refractivity contribution is 6.37. The van der Waals surface area contributed by atoms with Gasteiger partial charge in [-0.15, -0.1) is 0 Å². The first-order valence-electron chi connectivity index (χ1n) is 10.8. The van der Waals surface area contributed by atoms with E-state index in [4.69, 9.17) is 32.7 Å². The molecule has 1 heterocycles. The predicted octanol–water partition coefficient (Wildman–Crippen LogP) is 5.58. The molecule has 178 valence electrons. The van der Waals surface area contributed by atoms with Crippen LogP contribution in [0.2, 0.25) is 10.0 Å². The summed E-state index contributed by atoms with van der Waals surface area (Å²) < 4.78 is 11.8. The molecular weight excluding hydrogens is 489 g/mol. The summed E-state index contributed by atoms with van der Waals surface area (Å²) >= 11 is 12.7. The third-order valence-electron chi connectivity index (χ3n) is 5.04. The summed E-state index contributed by atoms with van der Waals surface area (Å²) in [6, 6.07) is 19.6. The van der Waals surface area contributed by atoms with E-state index in [1.54, 1.807) is 44.2 Å². The molecule has 0 amide bonds. The average molecular weight is 510 g/mol. The highest BCUT2D eigenvalue weighted by Crippen LogP contribution is 2.34. The van der Waals surface area contributed by atoms with Crippen LogP contribution in [0.4, 0.5) is 0 Å². The summed E-state index contributed by atoms with van der Waals surface area (Å²) in [6.07, 6.45) is 0.570. The second kappa shape index (κ2) is 10.7. The molecule has 0 saturated heterocycles. The van der Waals surface area contributed by atoms with Crippen LogP contribution in [0.5, 0.6) is 5.75 Å². The normalized spacial score (nSPS) is 12.1. The van der Waals surface area contributed by atoms with Crippen molar-refractivity contribution in [2.24, 2.45) is 5.10 Å². The maximum atomic E-state index is 13.3. The minimum absolute atomic E-state index is 0.153. The number of aromatic nitrogens is 2. The molecule has 3 aromatic carbocycles.